The van der Waals surface area contributed by atoms with Crippen LogP contribution in [0.5, 0.6) is 0 Å². The highest BCUT2D eigenvalue weighted by atomic mass is 16.4. The minimum atomic E-state index is -0.826. The molecule has 0 amide bonds. The van der Waals surface area contributed by atoms with Crippen LogP contribution in [0.2, 0.25) is 0 Å². The van der Waals surface area contributed by atoms with Gasteiger partial charge in [-0.05, 0) is 30.4 Å². The number of aliphatic carboxylic acids is 1. The maximum atomic E-state index is 11.6. The highest BCUT2D eigenvalue weighted by Crippen LogP contribution is 2.53. The van der Waals surface area contributed by atoms with Crippen molar-refractivity contribution in [2.45, 2.75) is 38.0 Å². The van der Waals surface area contributed by atoms with Crippen LogP contribution in [0.4, 0.5) is 0 Å². The van der Waals surface area contributed by atoms with Crippen LogP contribution >= 0.6 is 0 Å². The van der Waals surface area contributed by atoms with Gasteiger partial charge in [-0.3, -0.25) is 9.59 Å². The number of carboxylic acid groups (broad SMARTS) is 1. The summed E-state index contributed by atoms with van der Waals surface area (Å²) in [4.78, 5) is 22.9. The summed E-state index contributed by atoms with van der Waals surface area (Å²) >= 11 is 0. The van der Waals surface area contributed by atoms with Crippen molar-refractivity contribution in [1.82, 2.24) is 0 Å². The number of carboxylic acids is 1. The number of benzene rings is 1. The Morgan fingerprint density at radius 2 is 2.00 bits per heavy atom. The van der Waals surface area contributed by atoms with Gasteiger partial charge in [0.15, 0.2) is 0 Å². The predicted molar refractivity (Wildman–Crippen MR) is 66.4 cm³/mol. The first-order valence-electron chi connectivity index (χ1n) is 6.46. The minimum Gasteiger partial charge on any atom is -0.481 e. The molecular weight excluding hydrogens is 228 g/mol. The van der Waals surface area contributed by atoms with E-state index in [4.69, 9.17) is 0 Å². The molecule has 3 rings (SSSR count). The van der Waals surface area contributed by atoms with E-state index in [9.17, 15) is 14.7 Å². The van der Waals surface area contributed by atoms with E-state index in [1.807, 2.05) is 18.2 Å². The SMILES string of the molecule is O=C1CC(C(=O)O)(C2CCCc3ccccc32)C1. The summed E-state index contributed by atoms with van der Waals surface area (Å²) in [6, 6.07) is 8.08. The Balaban J connectivity index is 2.03. The zero-order valence-electron chi connectivity index (χ0n) is 10.2. The zero-order chi connectivity index (χ0) is 12.8. The normalized spacial score (nSPS) is 25.1. The summed E-state index contributed by atoms with van der Waals surface area (Å²) in [7, 11) is 0. The van der Waals surface area contributed by atoms with Crippen LogP contribution in [0.3, 0.4) is 0 Å². The Morgan fingerprint density at radius 3 is 2.67 bits per heavy atom. The molecule has 0 radical (unpaired) electrons. The second-order valence-corrected chi connectivity index (χ2v) is 5.50. The average Bonchev–Trinajstić information content (AvgIpc) is 2.34. The molecular formula is C15H16O3. The molecule has 2 aliphatic carbocycles. The van der Waals surface area contributed by atoms with E-state index >= 15 is 0 Å². The van der Waals surface area contributed by atoms with Crippen LogP contribution in [-0.4, -0.2) is 16.9 Å². The number of Topliss-reactive ketones (excluding diaryl/α,β-unsaturated/α-hetero) is 1. The molecule has 0 saturated heterocycles. The molecule has 0 heterocycles. The first-order chi connectivity index (χ1) is 8.63. The van der Waals surface area contributed by atoms with Crippen LogP contribution in [0, 0.1) is 5.41 Å². The molecule has 1 saturated carbocycles. The van der Waals surface area contributed by atoms with Gasteiger partial charge in [0.25, 0.3) is 0 Å². The standard InChI is InChI=1S/C15H16O3/c16-11-8-15(9-11,14(17)18)13-7-3-5-10-4-1-2-6-12(10)13/h1-2,4,6,13H,3,5,7-9H2,(H,17,18). The molecule has 1 N–H and O–H groups in total. The van der Waals surface area contributed by atoms with Gasteiger partial charge in [0.2, 0.25) is 0 Å². The lowest BCUT2D eigenvalue weighted by Gasteiger charge is -2.45. The Hall–Kier alpha value is -1.64. The summed E-state index contributed by atoms with van der Waals surface area (Å²) in [6.45, 7) is 0. The Labute approximate surface area is 106 Å². The quantitative estimate of drug-likeness (QED) is 0.869. The Bertz CT molecular complexity index is 510. The first-order valence-corrected chi connectivity index (χ1v) is 6.46. The molecule has 3 nitrogen and oxygen atoms in total. The van der Waals surface area contributed by atoms with Gasteiger partial charge in [-0.25, -0.2) is 0 Å². The molecule has 0 spiro atoms. The van der Waals surface area contributed by atoms with Crippen molar-refractivity contribution >= 4 is 11.8 Å². The molecule has 94 valence electrons. The lowest BCUT2D eigenvalue weighted by atomic mass is 9.56. The van der Waals surface area contributed by atoms with Gasteiger partial charge in [-0.2, -0.15) is 0 Å². The van der Waals surface area contributed by atoms with Crippen LogP contribution in [0.15, 0.2) is 24.3 Å². The van der Waals surface area contributed by atoms with Crippen molar-refractivity contribution in [1.29, 1.82) is 0 Å². The number of carbonyl (C=O) groups is 2. The summed E-state index contributed by atoms with van der Waals surface area (Å²) in [5.41, 5.74) is 1.58. The molecule has 1 fully saturated rings. The van der Waals surface area contributed by atoms with Crippen molar-refractivity contribution in [2.24, 2.45) is 5.41 Å². The third-order valence-electron chi connectivity index (χ3n) is 4.49. The number of hydrogen-bond donors (Lipinski definition) is 1. The van der Waals surface area contributed by atoms with Crippen LogP contribution in [0.25, 0.3) is 0 Å². The van der Waals surface area contributed by atoms with Gasteiger partial charge in [-0.15, -0.1) is 0 Å². The first kappa shape index (κ1) is 11.5. The molecule has 0 aliphatic heterocycles. The van der Waals surface area contributed by atoms with E-state index in [-0.39, 0.29) is 24.5 Å². The highest BCUT2D eigenvalue weighted by molar-refractivity contribution is 5.97. The molecule has 18 heavy (non-hydrogen) atoms. The predicted octanol–water partition coefficient (Wildman–Crippen LogP) is 2.54. The van der Waals surface area contributed by atoms with E-state index in [0.717, 1.165) is 24.8 Å². The fourth-order valence-corrected chi connectivity index (χ4v) is 3.53. The maximum absolute atomic E-state index is 11.6. The lowest BCUT2D eigenvalue weighted by Crippen LogP contribution is -2.49. The van der Waals surface area contributed by atoms with Crippen molar-refractivity contribution in [2.75, 3.05) is 0 Å². The van der Waals surface area contributed by atoms with Crippen molar-refractivity contribution in [3.63, 3.8) is 0 Å². The lowest BCUT2D eigenvalue weighted by molar-refractivity contribution is -0.163. The van der Waals surface area contributed by atoms with Gasteiger partial charge >= 0.3 is 5.97 Å². The molecule has 0 bridgehead atoms. The zero-order valence-corrected chi connectivity index (χ0v) is 10.2. The number of carbonyl (C=O) groups excluding carboxylic acids is 1. The fourth-order valence-electron chi connectivity index (χ4n) is 3.53. The molecule has 1 atom stereocenters. The fraction of sp³-hybridized carbons (Fsp3) is 0.467. The number of fused-ring (bicyclic) bond motifs is 1. The van der Waals surface area contributed by atoms with Gasteiger partial charge in [-0.1, -0.05) is 24.3 Å². The molecule has 2 aliphatic rings. The molecule has 1 aromatic carbocycles. The Kier molecular flexibility index (Phi) is 2.51. The monoisotopic (exact) mass is 244 g/mol. The van der Waals surface area contributed by atoms with E-state index in [2.05, 4.69) is 6.07 Å². The second-order valence-electron chi connectivity index (χ2n) is 5.50. The summed E-state index contributed by atoms with van der Waals surface area (Å²) in [6.07, 6.45) is 3.35. The van der Waals surface area contributed by atoms with Crippen LogP contribution < -0.4 is 0 Å². The summed E-state index contributed by atoms with van der Waals surface area (Å²) in [5.74, 6) is -0.707. The third-order valence-corrected chi connectivity index (χ3v) is 4.49. The van der Waals surface area contributed by atoms with Crippen LogP contribution in [-0.2, 0) is 16.0 Å². The van der Waals surface area contributed by atoms with Gasteiger partial charge in [0.1, 0.15) is 5.78 Å². The van der Waals surface area contributed by atoms with Crippen molar-refractivity contribution < 1.29 is 14.7 Å². The maximum Gasteiger partial charge on any atom is 0.311 e. The number of rotatable bonds is 2. The number of ketones is 1. The third kappa shape index (κ3) is 1.50. The minimum absolute atomic E-state index is 0.0117. The Morgan fingerprint density at radius 1 is 1.28 bits per heavy atom. The largest absolute Gasteiger partial charge is 0.481 e. The average molecular weight is 244 g/mol. The van der Waals surface area contributed by atoms with Gasteiger partial charge < -0.3 is 5.11 Å². The number of aryl methyl sites for hydroxylation is 1. The number of hydrogen-bond acceptors (Lipinski definition) is 2. The van der Waals surface area contributed by atoms with E-state index in [1.165, 1.54) is 5.56 Å². The highest BCUT2D eigenvalue weighted by Gasteiger charge is 2.56. The summed E-state index contributed by atoms with van der Waals surface area (Å²) in [5, 5.41) is 9.53. The summed E-state index contributed by atoms with van der Waals surface area (Å²) < 4.78 is 0. The van der Waals surface area contributed by atoms with E-state index < -0.39 is 11.4 Å². The van der Waals surface area contributed by atoms with E-state index in [1.54, 1.807) is 0 Å². The molecule has 1 unspecified atom stereocenters. The second kappa shape index (κ2) is 3.94. The van der Waals surface area contributed by atoms with Crippen molar-refractivity contribution in [3.05, 3.63) is 35.4 Å². The van der Waals surface area contributed by atoms with E-state index in [0.29, 0.717) is 0 Å². The van der Waals surface area contributed by atoms with Crippen molar-refractivity contribution in [3.8, 4) is 0 Å². The molecule has 1 aromatic rings. The molecule has 3 heteroatoms. The van der Waals surface area contributed by atoms with Crippen LogP contribution in [0.1, 0.15) is 42.7 Å². The van der Waals surface area contributed by atoms with Gasteiger partial charge in [0, 0.05) is 18.8 Å². The molecule has 0 aromatic heterocycles. The smallest absolute Gasteiger partial charge is 0.311 e. The topological polar surface area (TPSA) is 54.4 Å². The van der Waals surface area contributed by atoms with Gasteiger partial charge in [0.05, 0.1) is 5.41 Å².